The first-order valence-corrected chi connectivity index (χ1v) is 7.25. The first-order valence-electron chi connectivity index (χ1n) is 7.25. The third kappa shape index (κ3) is 3.08. The van der Waals surface area contributed by atoms with Crippen molar-refractivity contribution in [2.45, 2.75) is 19.9 Å². The number of aromatic amines is 1. The standard InChI is InChI=1S/C16H17N5O2/c1-10-15(11-4-2-3-5-12(11)18-10)16(23)19-14-7-9-21(20-14)8-6-13(17)22/h2-5,7,9,18H,6,8H2,1H3,(H2,17,22)(H,19,20,23). The molecule has 3 rings (SSSR count). The summed E-state index contributed by atoms with van der Waals surface area (Å²) >= 11 is 0. The fraction of sp³-hybridized carbons (Fsp3) is 0.188. The number of carbonyl (C=O) groups excluding carboxylic acids is 2. The molecule has 0 radical (unpaired) electrons. The van der Waals surface area contributed by atoms with Gasteiger partial charge in [0.2, 0.25) is 5.91 Å². The van der Waals surface area contributed by atoms with Crippen LogP contribution in [0.15, 0.2) is 36.5 Å². The average molecular weight is 311 g/mol. The molecule has 0 aliphatic heterocycles. The van der Waals surface area contributed by atoms with Crippen LogP contribution in [-0.4, -0.2) is 26.6 Å². The summed E-state index contributed by atoms with van der Waals surface area (Å²) in [4.78, 5) is 26.5. The van der Waals surface area contributed by atoms with E-state index in [9.17, 15) is 9.59 Å². The Labute approximate surface area is 132 Å². The summed E-state index contributed by atoms with van der Waals surface area (Å²) < 4.78 is 1.57. The quantitative estimate of drug-likeness (QED) is 0.669. The highest BCUT2D eigenvalue weighted by atomic mass is 16.2. The average Bonchev–Trinajstić information content (AvgIpc) is 3.08. The topological polar surface area (TPSA) is 106 Å². The summed E-state index contributed by atoms with van der Waals surface area (Å²) in [6.07, 6.45) is 1.90. The third-order valence-corrected chi connectivity index (χ3v) is 3.59. The third-order valence-electron chi connectivity index (χ3n) is 3.59. The van der Waals surface area contributed by atoms with E-state index in [4.69, 9.17) is 5.73 Å². The van der Waals surface area contributed by atoms with Gasteiger partial charge in [-0.2, -0.15) is 5.10 Å². The minimum Gasteiger partial charge on any atom is -0.370 e. The summed E-state index contributed by atoms with van der Waals surface area (Å²) in [6.45, 7) is 2.25. The van der Waals surface area contributed by atoms with Crippen LogP contribution in [0.4, 0.5) is 5.82 Å². The van der Waals surface area contributed by atoms with E-state index in [1.54, 1.807) is 16.9 Å². The number of hydrogen-bond acceptors (Lipinski definition) is 3. The van der Waals surface area contributed by atoms with Crippen LogP contribution >= 0.6 is 0 Å². The number of para-hydroxylation sites is 1. The van der Waals surface area contributed by atoms with Crippen LogP contribution < -0.4 is 11.1 Å². The number of benzene rings is 1. The van der Waals surface area contributed by atoms with Crippen molar-refractivity contribution in [2.24, 2.45) is 5.73 Å². The molecule has 118 valence electrons. The molecule has 7 heteroatoms. The van der Waals surface area contributed by atoms with Crippen LogP contribution in [-0.2, 0) is 11.3 Å². The van der Waals surface area contributed by atoms with Gasteiger partial charge in [-0.3, -0.25) is 14.3 Å². The highest BCUT2D eigenvalue weighted by molar-refractivity contribution is 6.13. The van der Waals surface area contributed by atoms with Crippen molar-refractivity contribution in [1.29, 1.82) is 0 Å². The molecule has 0 bridgehead atoms. The molecule has 0 fully saturated rings. The van der Waals surface area contributed by atoms with Crippen molar-refractivity contribution in [1.82, 2.24) is 14.8 Å². The number of nitrogens with two attached hydrogens (primary N) is 1. The molecular weight excluding hydrogens is 294 g/mol. The summed E-state index contributed by atoms with van der Waals surface area (Å²) in [5.74, 6) is -0.176. The maximum Gasteiger partial charge on any atom is 0.259 e. The second kappa shape index (κ2) is 5.96. The van der Waals surface area contributed by atoms with Gasteiger partial charge < -0.3 is 16.0 Å². The van der Waals surface area contributed by atoms with E-state index in [0.29, 0.717) is 17.9 Å². The van der Waals surface area contributed by atoms with Crippen LogP contribution in [0.2, 0.25) is 0 Å². The number of fused-ring (bicyclic) bond motifs is 1. The molecule has 3 aromatic rings. The van der Waals surface area contributed by atoms with Gasteiger partial charge in [-0.25, -0.2) is 0 Å². The van der Waals surface area contributed by atoms with E-state index in [2.05, 4.69) is 15.4 Å². The first kappa shape index (κ1) is 14.8. The monoisotopic (exact) mass is 311 g/mol. The molecule has 0 atom stereocenters. The fourth-order valence-electron chi connectivity index (χ4n) is 2.53. The number of anilines is 1. The van der Waals surface area contributed by atoms with E-state index in [-0.39, 0.29) is 18.2 Å². The highest BCUT2D eigenvalue weighted by Gasteiger charge is 2.16. The number of aryl methyl sites for hydroxylation is 2. The lowest BCUT2D eigenvalue weighted by atomic mass is 10.1. The molecule has 0 unspecified atom stereocenters. The number of hydrogen-bond donors (Lipinski definition) is 3. The van der Waals surface area contributed by atoms with E-state index in [1.807, 2.05) is 31.2 Å². The second-order valence-corrected chi connectivity index (χ2v) is 5.31. The Bertz CT molecular complexity index is 878. The smallest absolute Gasteiger partial charge is 0.259 e. The van der Waals surface area contributed by atoms with Crippen molar-refractivity contribution in [3.63, 3.8) is 0 Å². The van der Waals surface area contributed by atoms with Crippen LogP contribution in [0, 0.1) is 6.92 Å². The van der Waals surface area contributed by atoms with E-state index < -0.39 is 0 Å². The Hall–Kier alpha value is -3.09. The van der Waals surface area contributed by atoms with Crippen molar-refractivity contribution < 1.29 is 9.59 Å². The van der Waals surface area contributed by atoms with Crippen LogP contribution in [0.3, 0.4) is 0 Å². The number of nitrogens with zero attached hydrogens (tertiary/aromatic N) is 2. The largest absolute Gasteiger partial charge is 0.370 e. The zero-order chi connectivity index (χ0) is 16.4. The van der Waals surface area contributed by atoms with Gasteiger partial charge in [0.25, 0.3) is 5.91 Å². The number of carbonyl (C=O) groups is 2. The van der Waals surface area contributed by atoms with E-state index >= 15 is 0 Å². The lowest BCUT2D eigenvalue weighted by Crippen LogP contribution is -2.15. The molecule has 0 spiro atoms. The Morgan fingerprint density at radius 2 is 2.09 bits per heavy atom. The predicted molar refractivity (Wildman–Crippen MR) is 87.0 cm³/mol. The Morgan fingerprint density at radius 1 is 1.30 bits per heavy atom. The van der Waals surface area contributed by atoms with Gasteiger partial charge in [0.05, 0.1) is 5.56 Å². The van der Waals surface area contributed by atoms with Crippen LogP contribution in [0.1, 0.15) is 22.5 Å². The van der Waals surface area contributed by atoms with Crippen molar-refractivity contribution in [3.8, 4) is 0 Å². The Kier molecular flexibility index (Phi) is 3.84. The zero-order valence-electron chi connectivity index (χ0n) is 12.7. The van der Waals surface area contributed by atoms with Gasteiger partial charge in [-0.05, 0) is 13.0 Å². The summed E-state index contributed by atoms with van der Waals surface area (Å²) in [5, 5.41) is 7.86. The van der Waals surface area contributed by atoms with Gasteiger partial charge >= 0.3 is 0 Å². The van der Waals surface area contributed by atoms with Crippen molar-refractivity contribution in [3.05, 3.63) is 47.8 Å². The van der Waals surface area contributed by atoms with Crippen LogP contribution in [0.5, 0.6) is 0 Å². The lowest BCUT2D eigenvalue weighted by molar-refractivity contribution is -0.118. The number of amides is 2. The van der Waals surface area contributed by atoms with Gasteiger partial charge in [-0.1, -0.05) is 18.2 Å². The SMILES string of the molecule is Cc1[nH]c2ccccc2c1C(=O)Nc1ccn(CCC(N)=O)n1. The normalized spacial score (nSPS) is 10.8. The summed E-state index contributed by atoms with van der Waals surface area (Å²) in [6, 6.07) is 9.32. The first-order chi connectivity index (χ1) is 11.0. The molecule has 4 N–H and O–H groups in total. The number of rotatable bonds is 5. The van der Waals surface area contributed by atoms with Gasteiger partial charge in [0, 0.05) is 41.8 Å². The minimum absolute atomic E-state index is 0.205. The molecule has 0 saturated heterocycles. The Balaban J connectivity index is 1.78. The molecule has 2 amide bonds. The molecule has 0 aliphatic carbocycles. The fourth-order valence-corrected chi connectivity index (χ4v) is 2.53. The molecule has 1 aromatic carbocycles. The predicted octanol–water partition coefficient (Wildman–Crippen LogP) is 1.80. The van der Waals surface area contributed by atoms with Gasteiger partial charge in [0.1, 0.15) is 0 Å². The molecule has 0 saturated carbocycles. The maximum atomic E-state index is 12.5. The minimum atomic E-state index is -0.388. The van der Waals surface area contributed by atoms with Crippen molar-refractivity contribution in [2.75, 3.05) is 5.32 Å². The molecule has 2 aromatic heterocycles. The number of aromatic nitrogens is 3. The Morgan fingerprint density at radius 3 is 2.87 bits per heavy atom. The number of H-pyrrole nitrogens is 1. The highest BCUT2D eigenvalue weighted by Crippen LogP contribution is 2.22. The molecular formula is C16H17N5O2. The second-order valence-electron chi connectivity index (χ2n) is 5.31. The lowest BCUT2D eigenvalue weighted by Gasteiger charge is -2.03. The van der Waals surface area contributed by atoms with E-state index in [1.165, 1.54) is 0 Å². The number of nitrogens with one attached hydrogen (secondary N) is 2. The molecule has 23 heavy (non-hydrogen) atoms. The zero-order valence-corrected chi connectivity index (χ0v) is 12.7. The maximum absolute atomic E-state index is 12.5. The van der Waals surface area contributed by atoms with Gasteiger partial charge in [-0.15, -0.1) is 0 Å². The van der Waals surface area contributed by atoms with E-state index in [0.717, 1.165) is 16.6 Å². The molecule has 2 heterocycles. The molecule has 0 aliphatic rings. The number of primary amides is 1. The summed E-state index contributed by atoms with van der Waals surface area (Å²) in [5.41, 5.74) is 7.43. The summed E-state index contributed by atoms with van der Waals surface area (Å²) in [7, 11) is 0. The van der Waals surface area contributed by atoms with Crippen molar-refractivity contribution >= 4 is 28.5 Å². The van der Waals surface area contributed by atoms with Crippen LogP contribution in [0.25, 0.3) is 10.9 Å². The van der Waals surface area contributed by atoms with Gasteiger partial charge in [0.15, 0.2) is 5.82 Å². The molecule has 7 nitrogen and oxygen atoms in total.